The third-order valence-electron chi connectivity index (χ3n) is 2.89. The van der Waals surface area contributed by atoms with Crippen molar-refractivity contribution in [2.24, 2.45) is 0 Å². The Hall–Kier alpha value is -1.76. The number of hydrogen-bond acceptors (Lipinski definition) is 2. The van der Waals surface area contributed by atoms with Crippen molar-refractivity contribution in [1.82, 2.24) is 4.57 Å². The topological polar surface area (TPSA) is 45.8 Å². The van der Waals surface area contributed by atoms with Crippen LogP contribution in [0, 0.1) is 18.3 Å². The molecule has 1 aromatic heterocycles. The molecule has 0 atom stereocenters. The normalized spacial score (nSPS) is 10.2. The smallest absolute Gasteiger partial charge is 0.268 e. The first-order chi connectivity index (χ1) is 9.04. The van der Waals surface area contributed by atoms with Crippen LogP contribution in [0.3, 0.4) is 0 Å². The highest BCUT2D eigenvalue weighted by atomic mass is 35.5. The van der Waals surface area contributed by atoms with Gasteiger partial charge in [0.2, 0.25) is 0 Å². The number of benzene rings is 1. The SMILES string of the molecule is Cc1ccc(C#N)c(=O)n1Cc1c(Cl)cccc1Cl. The molecule has 1 heterocycles. The predicted octanol–water partition coefficient (Wildman–Crippen LogP) is 3.38. The largest absolute Gasteiger partial charge is 0.307 e. The van der Waals surface area contributed by atoms with Gasteiger partial charge >= 0.3 is 0 Å². The van der Waals surface area contributed by atoms with Gasteiger partial charge in [0.05, 0.1) is 6.54 Å². The summed E-state index contributed by atoms with van der Waals surface area (Å²) < 4.78 is 1.49. The number of nitriles is 1. The van der Waals surface area contributed by atoms with E-state index in [1.807, 2.05) is 6.07 Å². The average molecular weight is 293 g/mol. The summed E-state index contributed by atoms with van der Waals surface area (Å²) in [6, 6.07) is 10.3. The quantitative estimate of drug-likeness (QED) is 0.852. The number of aromatic nitrogens is 1. The molecule has 0 saturated heterocycles. The van der Waals surface area contributed by atoms with Crippen molar-refractivity contribution in [3.05, 3.63) is 67.6 Å². The maximum Gasteiger partial charge on any atom is 0.268 e. The highest BCUT2D eigenvalue weighted by molar-refractivity contribution is 6.35. The summed E-state index contributed by atoms with van der Waals surface area (Å²) in [5.41, 5.74) is 1.19. The molecule has 0 radical (unpaired) electrons. The van der Waals surface area contributed by atoms with Gasteiger partial charge in [-0.1, -0.05) is 29.3 Å². The summed E-state index contributed by atoms with van der Waals surface area (Å²) in [4.78, 5) is 12.1. The molecule has 96 valence electrons. The Balaban J connectivity index is 2.57. The van der Waals surface area contributed by atoms with Gasteiger partial charge in [-0.15, -0.1) is 0 Å². The van der Waals surface area contributed by atoms with Crippen LogP contribution < -0.4 is 5.56 Å². The lowest BCUT2D eigenvalue weighted by Crippen LogP contribution is -2.25. The van der Waals surface area contributed by atoms with Crippen molar-refractivity contribution in [3.63, 3.8) is 0 Å². The minimum Gasteiger partial charge on any atom is -0.307 e. The van der Waals surface area contributed by atoms with Gasteiger partial charge in [-0.05, 0) is 31.2 Å². The monoisotopic (exact) mass is 292 g/mol. The van der Waals surface area contributed by atoms with Crippen LogP contribution in [0.15, 0.2) is 35.1 Å². The Labute approximate surface area is 120 Å². The fraction of sp³-hybridized carbons (Fsp3) is 0.143. The molecular weight excluding hydrogens is 283 g/mol. The van der Waals surface area contributed by atoms with Crippen LogP contribution in [0.1, 0.15) is 16.8 Å². The molecule has 0 unspecified atom stereocenters. The van der Waals surface area contributed by atoms with Crippen LogP contribution in [-0.4, -0.2) is 4.57 Å². The van der Waals surface area contributed by atoms with Crippen molar-refractivity contribution in [1.29, 1.82) is 5.26 Å². The summed E-state index contributed by atoms with van der Waals surface area (Å²) in [6.07, 6.45) is 0. The molecule has 0 saturated carbocycles. The number of nitrogens with zero attached hydrogens (tertiary/aromatic N) is 2. The van der Waals surface area contributed by atoms with Gasteiger partial charge in [0.15, 0.2) is 0 Å². The Morgan fingerprint density at radius 1 is 1.21 bits per heavy atom. The fourth-order valence-electron chi connectivity index (χ4n) is 1.79. The highest BCUT2D eigenvalue weighted by Gasteiger charge is 2.11. The summed E-state index contributed by atoms with van der Waals surface area (Å²) in [6.45, 7) is 2.05. The summed E-state index contributed by atoms with van der Waals surface area (Å²) in [5, 5.41) is 9.90. The van der Waals surface area contributed by atoms with E-state index < -0.39 is 0 Å². The van der Waals surface area contributed by atoms with Crippen LogP contribution in [0.5, 0.6) is 0 Å². The van der Waals surface area contributed by atoms with Gasteiger partial charge in [0.1, 0.15) is 11.6 Å². The van der Waals surface area contributed by atoms with Crippen molar-refractivity contribution in [2.45, 2.75) is 13.5 Å². The molecule has 19 heavy (non-hydrogen) atoms. The minimum atomic E-state index is -0.335. The fourth-order valence-corrected chi connectivity index (χ4v) is 2.31. The molecule has 2 rings (SSSR count). The Morgan fingerprint density at radius 2 is 1.84 bits per heavy atom. The zero-order valence-electron chi connectivity index (χ0n) is 10.2. The number of aryl methyl sites for hydroxylation is 1. The Morgan fingerprint density at radius 3 is 2.42 bits per heavy atom. The van der Waals surface area contributed by atoms with E-state index in [4.69, 9.17) is 28.5 Å². The first-order valence-electron chi connectivity index (χ1n) is 5.58. The minimum absolute atomic E-state index is 0.105. The molecule has 5 heteroatoms. The molecule has 0 aliphatic carbocycles. The lowest BCUT2D eigenvalue weighted by Gasteiger charge is -2.12. The van der Waals surface area contributed by atoms with Crippen molar-refractivity contribution in [2.75, 3.05) is 0 Å². The van der Waals surface area contributed by atoms with Crippen LogP contribution in [-0.2, 0) is 6.54 Å². The van der Waals surface area contributed by atoms with E-state index in [9.17, 15) is 4.79 Å². The third kappa shape index (κ3) is 2.65. The molecule has 1 aromatic carbocycles. The van der Waals surface area contributed by atoms with Crippen molar-refractivity contribution in [3.8, 4) is 6.07 Å². The standard InChI is InChI=1S/C14H10Cl2N2O/c1-9-5-6-10(7-17)14(19)18(9)8-11-12(15)3-2-4-13(11)16/h2-6H,8H2,1H3. The zero-order valence-corrected chi connectivity index (χ0v) is 11.7. The maximum absolute atomic E-state index is 12.1. The molecule has 2 aromatic rings. The van der Waals surface area contributed by atoms with Gasteiger partial charge in [-0.3, -0.25) is 4.79 Å². The summed E-state index contributed by atoms with van der Waals surface area (Å²) in [7, 11) is 0. The van der Waals surface area contributed by atoms with Gasteiger partial charge in [-0.25, -0.2) is 0 Å². The molecular formula is C14H10Cl2N2O. The maximum atomic E-state index is 12.1. The number of rotatable bonds is 2. The van der Waals surface area contributed by atoms with E-state index in [1.54, 1.807) is 31.2 Å². The first-order valence-corrected chi connectivity index (χ1v) is 6.33. The number of pyridine rings is 1. The zero-order chi connectivity index (χ0) is 14.0. The number of hydrogen-bond donors (Lipinski definition) is 0. The highest BCUT2D eigenvalue weighted by Crippen LogP contribution is 2.25. The van der Waals surface area contributed by atoms with Gasteiger partial charge in [0, 0.05) is 21.3 Å². The third-order valence-corrected chi connectivity index (χ3v) is 3.60. The van der Waals surface area contributed by atoms with Gasteiger partial charge in [-0.2, -0.15) is 5.26 Å². The predicted molar refractivity (Wildman–Crippen MR) is 75.7 cm³/mol. The summed E-state index contributed by atoms with van der Waals surface area (Å²) >= 11 is 12.2. The van der Waals surface area contributed by atoms with E-state index in [0.717, 1.165) is 5.69 Å². The van der Waals surface area contributed by atoms with Crippen molar-refractivity contribution < 1.29 is 0 Å². The number of halogens is 2. The van der Waals surface area contributed by atoms with Crippen LogP contribution in [0.25, 0.3) is 0 Å². The summed E-state index contributed by atoms with van der Waals surface area (Å²) in [5.74, 6) is 0. The Bertz CT molecular complexity index is 709. The lowest BCUT2D eigenvalue weighted by molar-refractivity contribution is 0.727. The molecule has 0 aliphatic heterocycles. The second-order valence-electron chi connectivity index (χ2n) is 4.09. The molecule has 0 fully saturated rings. The Kier molecular flexibility index (Phi) is 3.94. The van der Waals surface area contributed by atoms with E-state index in [0.29, 0.717) is 15.6 Å². The molecule has 3 nitrogen and oxygen atoms in total. The second-order valence-corrected chi connectivity index (χ2v) is 4.91. The average Bonchev–Trinajstić information content (AvgIpc) is 2.37. The van der Waals surface area contributed by atoms with Crippen LogP contribution in [0.4, 0.5) is 0 Å². The van der Waals surface area contributed by atoms with Crippen LogP contribution in [0.2, 0.25) is 10.0 Å². The molecule has 0 aliphatic rings. The van der Waals surface area contributed by atoms with Crippen LogP contribution >= 0.6 is 23.2 Å². The van der Waals surface area contributed by atoms with E-state index in [1.165, 1.54) is 10.6 Å². The molecule has 0 spiro atoms. The molecule has 0 amide bonds. The molecule has 0 bridgehead atoms. The van der Waals surface area contributed by atoms with E-state index in [-0.39, 0.29) is 17.7 Å². The van der Waals surface area contributed by atoms with E-state index >= 15 is 0 Å². The van der Waals surface area contributed by atoms with Gasteiger partial charge in [0.25, 0.3) is 5.56 Å². The van der Waals surface area contributed by atoms with Gasteiger partial charge < -0.3 is 4.57 Å². The molecule has 0 N–H and O–H groups in total. The lowest BCUT2D eigenvalue weighted by atomic mass is 10.2. The van der Waals surface area contributed by atoms with E-state index in [2.05, 4.69) is 0 Å². The first kappa shape index (κ1) is 13.7. The van der Waals surface area contributed by atoms with Crippen molar-refractivity contribution >= 4 is 23.2 Å². The second kappa shape index (κ2) is 5.48.